The van der Waals surface area contributed by atoms with Crippen molar-refractivity contribution in [3.05, 3.63) is 11.8 Å². The normalized spacial score (nSPS) is 25.8. The van der Waals surface area contributed by atoms with Gasteiger partial charge in [-0.25, -0.2) is 0 Å². The summed E-state index contributed by atoms with van der Waals surface area (Å²) in [5, 5.41) is 0. The molecular formula is C11H16O4. The standard InChI is InChI=1S/C11H16O4/c1-4-11(10(13)15-3)6-8(12)5-9(7-11)14-2/h5H,4,6-7H2,1-3H3. The van der Waals surface area contributed by atoms with Gasteiger partial charge in [0, 0.05) is 18.9 Å². The number of esters is 1. The lowest BCUT2D eigenvalue weighted by atomic mass is 9.74. The first-order valence-electron chi connectivity index (χ1n) is 4.94. The Bertz CT molecular complexity index is 306. The van der Waals surface area contributed by atoms with Gasteiger partial charge in [0.05, 0.1) is 19.6 Å². The molecule has 84 valence electrons. The Labute approximate surface area is 89.2 Å². The van der Waals surface area contributed by atoms with E-state index in [4.69, 9.17) is 9.47 Å². The molecule has 0 fully saturated rings. The Kier molecular flexibility index (Phi) is 3.50. The zero-order valence-electron chi connectivity index (χ0n) is 9.33. The Morgan fingerprint density at radius 2 is 2.13 bits per heavy atom. The van der Waals surface area contributed by atoms with Gasteiger partial charge in [-0.3, -0.25) is 9.59 Å². The molecule has 1 aliphatic rings. The number of hydrogen-bond acceptors (Lipinski definition) is 4. The highest BCUT2D eigenvalue weighted by Crippen LogP contribution is 2.39. The van der Waals surface area contributed by atoms with Crippen molar-refractivity contribution >= 4 is 11.8 Å². The lowest BCUT2D eigenvalue weighted by molar-refractivity contribution is -0.156. The van der Waals surface area contributed by atoms with Gasteiger partial charge in [-0.15, -0.1) is 0 Å². The molecule has 0 aromatic carbocycles. The lowest BCUT2D eigenvalue weighted by Crippen LogP contribution is -2.37. The molecule has 1 aliphatic carbocycles. The van der Waals surface area contributed by atoms with E-state index in [0.29, 0.717) is 18.6 Å². The highest BCUT2D eigenvalue weighted by molar-refractivity contribution is 5.96. The van der Waals surface area contributed by atoms with Crippen LogP contribution in [0.25, 0.3) is 0 Å². The highest BCUT2D eigenvalue weighted by atomic mass is 16.5. The van der Waals surface area contributed by atoms with Crippen LogP contribution in [0.2, 0.25) is 0 Å². The van der Waals surface area contributed by atoms with E-state index >= 15 is 0 Å². The SMILES string of the molecule is CCC1(C(=O)OC)CC(=O)C=C(OC)C1. The maximum Gasteiger partial charge on any atom is 0.312 e. The summed E-state index contributed by atoms with van der Waals surface area (Å²) in [4.78, 5) is 23.1. The molecule has 15 heavy (non-hydrogen) atoms. The van der Waals surface area contributed by atoms with Gasteiger partial charge in [-0.1, -0.05) is 6.92 Å². The van der Waals surface area contributed by atoms with E-state index in [1.54, 1.807) is 0 Å². The van der Waals surface area contributed by atoms with Crippen LogP contribution in [0.1, 0.15) is 26.2 Å². The van der Waals surface area contributed by atoms with Gasteiger partial charge in [-0.05, 0) is 6.42 Å². The zero-order chi connectivity index (χ0) is 11.5. The number of rotatable bonds is 3. The minimum absolute atomic E-state index is 0.0784. The van der Waals surface area contributed by atoms with E-state index in [9.17, 15) is 9.59 Å². The smallest absolute Gasteiger partial charge is 0.312 e. The molecule has 0 aliphatic heterocycles. The quantitative estimate of drug-likeness (QED) is 0.664. The lowest BCUT2D eigenvalue weighted by Gasteiger charge is -2.32. The molecule has 4 heteroatoms. The second kappa shape index (κ2) is 4.47. The average molecular weight is 212 g/mol. The van der Waals surface area contributed by atoms with E-state index in [0.717, 1.165) is 0 Å². The van der Waals surface area contributed by atoms with E-state index in [-0.39, 0.29) is 18.2 Å². The molecule has 0 N–H and O–H groups in total. The first kappa shape index (κ1) is 11.8. The van der Waals surface area contributed by atoms with Crippen LogP contribution in [0.15, 0.2) is 11.8 Å². The van der Waals surface area contributed by atoms with Crippen LogP contribution in [0.4, 0.5) is 0 Å². The van der Waals surface area contributed by atoms with E-state index < -0.39 is 5.41 Å². The first-order valence-corrected chi connectivity index (χ1v) is 4.94. The van der Waals surface area contributed by atoms with Crippen molar-refractivity contribution in [2.75, 3.05) is 14.2 Å². The fourth-order valence-electron chi connectivity index (χ4n) is 1.90. The molecule has 1 unspecified atom stereocenters. The summed E-state index contributed by atoms with van der Waals surface area (Å²) in [5.41, 5.74) is -0.730. The topological polar surface area (TPSA) is 52.6 Å². The third-order valence-corrected chi connectivity index (χ3v) is 2.90. The van der Waals surface area contributed by atoms with Crippen molar-refractivity contribution in [3.8, 4) is 0 Å². The maximum atomic E-state index is 11.7. The van der Waals surface area contributed by atoms with Crippen molar-refractivity contribution in [1.29, 1.82) is 0 Å². The van der Waals surface area contributed by atoms with Crippen molar-refractivity contribution in [2.45, 2.75) is 26.2 Å². The molecule has 0 amide bonds. The summed E-state index contributed by atoms with van der Waals surface area (Å²) in [6.45, 7) is 1.88. The minimum atomic E-state index is -0.730. The van der Waals surface area contributed by atoms with Gasteiger partial charge < -0.3 is 9.47 Å². The predicted octanol–water partition coefficient (Wildman–Crippen LogP) is 1.45. The van der Waals surface area contributed by atoms with Crippen LogP contribution < -0.4 is 0 Å². The van der Waals surface area contributed by atoms with Crippen molar-refractivity contribution in [3.63, 3.8) is 0 Å². The second-order valence-electron chi connectivity index (χ2n) is 3.76. The van der Waals surface area contributed by atoms with Crippen LogP contribution >= 0.6 is 0 Å². The number of carbonyl (C=O) groups is 2. The number of ether oxygens (including phenoxy) is 2. The van der Waals surface area contributed by atoms with Crippen LogP contribution in [-0.2, 0) is 19.1 Å². The number of hydrogen-bond donors (Lipinski definition) is 0. The molecule has 4 nitrogen and oxygen atoms in total. The van der Waals surface area contributed by atoms with Crippen LogP contribution in [-0.4, -0.2) is 26.0 Å². The Hall–Kier alpha value is -1.32. The molecule has 0 aromatic rings. The Morgan fingerprint density at radius 3 is 2.60 bits per heavy atom. The Morgan fingerprint density at radius 1 is 1.47 bits per heavy atom. The summed E-state index contributed by atoms with van der Waals surface area (Å²) < 4.78 is 9.80. The zero-order valence-corrected chi connectivity index (χ0v) is 9.33. The van der Waals surface area contributed by atoms with Gasteiger partial charge in [-0.2, -0.15) is 0 Å². The third-order valence-electron chi connectivity index (χ3n) is 2.90. The molecule has 0 heterocycles. The van der Waals surface area contributed by atoms with Gasteiger partial charge in [0.2, 0.25) is 0 Å². The summed E-state index contributed by atoms with van der Waals surface area (Å²) in [5.74, 6) is 0.143. The largest absolute Gasteiger partial charge is 0.501 e. The van der Waals surface area contributed by atoms with Crippen molar-refractivity contribution in [2.24, 2.45) is 5.41 Å². The average Bonchev–Trinajstić information content (AvgIpc) is 2.26. The molecule has 0 aromatic heterocycles. The first-order chi connectivity index (χ1) is 7.07. The summed E-state index contributed by atoms with van der Waals surface area (Å²) in [6.07, 6.45) is 2.68. The summed E-state index contributed by atoms with van der Waals surface area (Å²) in [6, 6.07) is 0. The van der Waals surface area contributed by atoms with E-state index in [1.165, 1.54) is 20.3 Å². The van der Waals surface area contributed by atoms with Gasteiger partial charge in [0.15, 0.2) is 5.78 Å². The van der Waals surface area contributed by atoms with Gasteiger partial charge in [0.25, 0.3) is 0 Å². The Balaban J connectivity index is 2.98. The van der Waals surface area contributed by atoms with E-state index in [1.807, 2.05) is 6.92 Å². The van der Waals surface area contributed by atoms with Crippen molar-refractivity contribution < 1.29 is 19.1 Å². The van der Waals surface area contributed by atoms with Crippen LogP contribution in [0.3, 0.4) is 0 Å². The fraction of sp³-hybridized carbons (Fsp3) is 0.636. The molecule has 0 radical (unpaired) electrons. The molecule has 0 spiro atoms. The number of ketones is 1. The molecule has 0 saturated heterocycles. The number of methoxy groups -OCH3 is 2. The molecule has 0 saturated carbocycles. The fourth-order valence-corrected chi connectivity index (χ4v) is 1.90. The predicted molar refractivity (Wildman–Crippen MR) is 54.1 cm³/mol. The number of allylic oxidation sites excluding steroid dienone is 2. The van der Waals surface area contributed by atoms with Crippen LogP contribution in [0, 0.1) is 5.41 Å². The minimum Gasteiger partial charge on any atom is -0.501 e. The van der Waals surface area contributed by atoms with Crippen molar-refractivity contribution in [1.82, 2.24) is 0 Å². The summed E-state index contributed by atoms with van der Waals surface area (Å²) >= 11 is 0. The third kappa shape index (κ3) is 2.19. The van der Waals surface area contributed by atoms with Crippen LogP contribution in [0.5, 0.6) is 0 Å². The molecule has 0 bridgehead atoms. The summed E-state index contributed by atoms with van der Waals surface area (Å²) in [7, 11) is 2.84. The molecular weight excluding hydrogens is 196 g/mol. The van der Waals surface area contributed by atoms with Gasteiger partial charge in [0.1, 0.15) is 5.76 Å². The maximum absolute atomic E-state index is 11.7. The molecule has 1 atom stereocenters. The number of carbonyl (C=O) groups excluding carboxylic acids is 2. The monoisotopic (exact) mass is 212 g/mol. The second-order valence-corrected chi connectivity index (χ2v) is 3.76. The highest BCUT2D eigenvalue weighted by Gasteiger charge is 2.43. The van der Waals surface area contributed by atoms with Gasteiger partial charge >= 0.3 is 5.97 Å². The molecule has 1 rings (SSSR count). The van der Waals surface area contributed by atoms with E-state index in [2.05, 4.69) is 0 Å².